The molecule has 0 aliphatic heterocycles. The molecule has 21 heavy (non-hydrogen) atoms. The van der Waals surface area contributed by atoms with Gasteiger partial charge in [0.05, 0.1) is 13.7 Å². The summed E-state index contributed by atoms with van der Waals surface area (Å²) in [5, 5.41) is 9.14. The molecule has 0 radical (unpaired) electrons. The summed E-state index contributed by atoms with van der Waals surface area (Å²) in [6.07, 6.45) is 4.46. The number of nitrogens with one attached hydrogen (secondary N) is 1. The first-order valence-electron chi connectivity index (χ1n) is 7.35. The van der Waals surface area contributed by atoms with Crippen molar-refractivity contribution in [3.63, 3.8) is 0 Å². The Balaban J connectivity index is 1.86. The minimum Gasteiger partial charge on any atom is -0.495 e. The van der Waals surface area contributed by atoms with Gasteiger partial charge in [0, 0.05) is 6.04 Å². The zero-order valence-corrected chi connectivity index (χ0v) is 12.9. The van der Waals surface area contributed by atoms with E-state index in [1.807, 2.05) is 0 Å². The number of benzene rings is 1. The third kappa shape index (κ3) is 3.22. The molecule has 5 nitrogen and oxygen atoms in total. The van der Waals surface area contributed by atoms with Gasteiger partial charge in [0.15, 0.2) is 0 Å². The van der Waals surface area contributed by atoms with Crippen LogP contribution in [0.5, 0.6) is 5.75 Å². The van der Waals surface area contributed by atoms with Crippen molar-refractivity contribution in [3.05, 3.63) is 23.8 Å². The van der Waals surface area contributed by atoms with Gasteiger partial charge in [-0.25, -0.2) is 13.1 Å². The molecule has 0 aromatic heterocycles. The number of aliphatic hydroxyl groups excluding tert-OH is 1. The average molecular weight is 311 g/mol. The van der Waals surface area contributed by atoms with Crippen LogP contribution >= 0.6 is 0 Å². The van der Waals surface area contributed by atoms with E-state index in [4.69, 9.17) is 9.84 Å². The normalized spacial score (nSPS) is 19.0. The predicted molar refractivity (Wildman–Crippen MR) is 78.5 cm³/mol. The summed E-state index contributed by atoms with van der Waals surface area (Å²) in [6, 6.07) is 4.75. The summed E-state index contributed by atoms with van der Waals surface area (Å²) in [6.45, 7) is -0.142. The molecule has 1 aromatic carbocycles. The highest BCUT2D eigenvalue weighted by atomic mass is 32.2. The Morgan fingerprint density at radius 3 is 2.38 bits per heavy atom. The molecule has 0 saturated heterocycles. The first kappa shape index (κ1) is 14.8. The largest absolute Gasteiger partial charge is 0.495 e. The van der Waals surface area contributed by atoms with Gasteiger partial charge >= 0.3 is 0 Å². The highest BCUT2D eigenvalue weighted by Crippen LogP contribution is 2.45. The zero-order valence-electron chi connectivity index (χ0n) is 12.1. The van der Waals surface area contributed by atoms with E-state index >= 15 is 0 Å². The Bertz CT molecular complexity index is 609. The van der Waals surface area contributed by atoms with E-state index in [-0.39, 0.29) is 23.3 Å². The highest BCUT2D eigenvalue weighted by Gasteiger charge is 2.43. The van der Waals surface area contributed by atoms with E-state index in [2.05, 4.69) is 4.72 Å². The maximum atomic E-state index is 12.6. The monoisotopic (exact) mass is 311 g/mol. The molecule has 2 fully saturated rings. The van der Waals surface area contributed by atoms with Gasteiger partial charge in [-0.1, -0.05) is 6.07 Å². The lowest BCUT2D eigenvalue weighted by Crippen LogP contribution is -2.38. The van der Waals surface area contributed by atoms with E-state index in [9.17, 15) is 8.42 Å². The van der Waals surface area contributed by atoms with Crippen molar-refractivity contribution < 1.29 is 18.3 Å². The van der Waals surface area contributed by atoms with Crippen LogP contribution in [0.3, 0.4) is 0 Å². The molecule has 0 unspecified atom stereocenters. The van der Waals surface area contributed by atoms with Crippen LogP contribution < -0.4 is 9.46 Å². The molecule has 6 heteroatoms. The maximum absolute atomic E-state index is 12.6. The van der Waals surface area contributed by atoms with Gasteiger partial charge < -0.3 is 9.84 Å². The van der Waals surface area contributed by atoms with E-state index in [1.165, 1.54) is 13.2 Å². The van der Waals surface area contributed by atoms with Crippen LogP contribution in [-0.4, -0.2) is 26.7 Å². The maximum Gasteiger partial charge on any atom is 0.244 e. The van der Waals surface area contributed by atoms with Gasteiger partial charge in [-0.05, 0) is 55.2 Å². The lowest BCUT2D eigenvalue weighted by molar-refractivity contribution is 0.280. The van der Waals surface area contributed by atoms with Gasteiger partial charge in [0.25, 0.3) is 0 Å². The third-order valence-corrected chi connectivity index (χ3v) is 5.75. The number of methoxy groups -OCH3 is 1. The SMILES string of the molecule is COc1cc(CO)ccc1S(=O)(=O)NC(C1CC1)C1CC1. The van der Waals surface area contributed by atoms with Crippen LogP contribution in [0.4, 0.5) is 0 Å². The molecule has 0 bridgehead atoms. The fourth-order valence-corrected chi connectivity index (χ4v) is 4.29. The minimum absolute atomic E-state index is 0.0669. The fraction of sp³-hybridized carbons (Fsp3) is 0.600. The smallest absolute Gasteiger partial charge is 0.244 e. The van der Waals surface area contributed by atoms with Crippen LogP contribution in [-0.2, 0) is 16.6 Å². The molecule has 0 atom stereocenters. The molecule has 0 spiro atoms. The van der Waals surface area contributed by atoms with Crippen molar-refractivity contribution in [2.75, 3.05) is 7.11 Å². The van der Waals surface area contributed by atoms with Crippen LogP contribution in [0.1, 0.15) is 31.2 Å². The Morgan fingerprint density at radius 2 is 1.90 bits per heavy atom. The molecule has 0 amide bonds. The predicted octanol–water partition coefficient (Wildman–Crippen LogP) is 1.65. The molecule has 0 heterocycles. The molecule has 2 aliphatic carbocycles. The minimum atomic E-state index is -3.59. The fourth-order valence-electron chi connectivity index (χ4n) is 2.76. The van der Waals surface area contributed by atoms with Crippen molar-refractivity contribution in [2.24, 2.45) is 11.8 Å². The van der Waals surface area contributed by atoms with Gasteiger partial charge in [0.1, 0.15) is 10.6 Å². The summed E-state index contributed by atoms with van der Waals surface area (Å²) in [7, 11) is -2.15. The number of hydrogen-bond donors (Lipinski definition) is 2. The quantitative estimate of drug-likeness (QED) is 0.803. The van der Waals surface area contributed by atoms with Crippen molar-refractivity contribution in [1.29, 1.82) is 0 Å². The summed E-state index contributed by atoms with van der Waals surface area (Å²) >= 11 is 0. The van der Waals surface area contributed by atoms with Crippen molar-refractivity contribution >= 4 is 10.0 Å². The first-order chi connectivity index (χ1) is 10.0. The number of hydrogen-bond acceptors (Lipinski definition) is 4. The van der Waals surface area contributed by atoms with E-state index in [0.29, 0.717) is 17.4 Å². The second-order valence-electron chi connectivity index (χ2n) is 5.97. The Kier molecular flexibility index (Phi) is 3.94. The topological polar surface area (TPSA) is 75.6 Å². The van der Waals surface area contributed by atoms with E-state index in [1.54, 1.807) is 12.1 Å². The lowest BCUT2D eigenvalue weighted by Gasteiger charge is -2.19. The molecule has 3 rings (SSSR count). The van der Waals surface area contributed by atoms with Gasteiger partial charge in [0.2, 0.25) is 10.0 Å². The summed E-state index contributed by atoms with van der Waals surface area (Å²) in [5.41, 5.74) is 0.631. The number of sulfonamides is 1. The molecule has 2 aliphatic rings. The second kappa shape index (κ2) is 5.59. The van der Waals surface area contributed by atoms with Crippen molar-refractivity contribution in [3.8, 4) is 5.75 Å². The number of aliphatic hydroxyl groups is 1. The summed E-state index contributed by atoms with van der Waals surface area (Å²) in [4.78, 5) is 0.147. The second-order valence-corrected chi connectivity index (χ2v) is 7.65. The Labute approximate surface area is 125 Å². The van der Waals surface area contributed by atoms with Gasteiger partial charge in [-0.3, -0.25) is 0 Å². The Hall–Kier alpha value is -1.11. The average Bonchev–Trinajstić information content (AvgIpc) is 3.37. The number of rotatable bonds is 7. The third-order valence-electron chi connectivity index (χ3n) is 4.25. The summed E-state index contributed by atoms with van der Waals surface area (Å²) < 4.78 is 33.3. The Morgan fingerprint density at radius 1 is 1.29 bits per heavy atom. The van der Waals surface area contributed by atoms with E-state index in [0.717, 1.165) is 25.7 Å². The summed E-state index contributed by atoms with van der Waals surface area (Å²) in [5.74, 6) is 1.27. The van der Waals surface area contributed by atoms with Crippen molar-refractivity contribution in [1.82, 2.24) is 4.72 Å². The van der Waals surface area contributed by atoms with Crippen LogP contribution in [0.15, 0.2) is 23.1 Å². The van der Waals surface area contributed by atoms with E-state index < -0.39 is 10.0 Å². The molecular formula is C15H21NO4S. The molecule has 116 valence electrons. The molecule has 2 N–H and O–H groups in total. The van der Waals surface area contributed by atoms with Crippen LogP contribution in [0.2, 0.25) is 0 Å². The lowest BCUT2D eigenvalue weighted by atomic mass is 10.1. The van der Waals surface area contributed by atoms with Gasteiger partial charge in [-0.2, -0.15) is 0 Å². The van der Waals surface area contributed by atoms with Crippen LogP contribution in [0, 0.1) is 11.8 Å². The molecule has 2 saturated carbocycles. The standard InChI is InChI=1S/C15H21NO4S/c1-20-13-8-10(9-17)2-7-14(13)21(18,19)16-15(11-3-4-11)12-5-6-12/h2,7-8,11-12,15-17H,3-6,9H2,1H3. The van der Waals surface area contributed by atoms with Crippen LogP contribution in [0.25, 0.3) is 0 Å². The van der Waals surface area contributed by atoms with Gasteiger partial charge in [-0.15, -0.1) is 0 Å². The van der Waals surface area contributed by atoms with Crippen molar-refractivity contribution in [2.45, 2.75) is 43.2 Å². The molecular weight excluding hydrogens is 290 g/mol. The molecule has 1 aromatic rings. The highest BCUT2D eigenvalue weighted by molar-refractivity contribution is 7.89. The first-order valence-corrected chi connectivity index (χ1v) is 8.83. The number of ether oxygens (including phenoxy) is 1. The zero-order chi connectivity index (χ0) is 15.0.